The van der Waals surface area contributed by atoms with Crippen LogP contribution in [0, 0.1) is 0 Å². The van der Waals surface area contributed by atoms with Gasteiger partial charge >= 0.3 is 0 Å². The van der Waals surface area contributed by atoms with E-state index < -0.39 is 0 Å². The van der Waals surface area contributed by atoms with Crippen LogP contribution >= 0.6 is 23.4 Å². The third-order valence-electron chi connectivity index (χ3n) is 2.51. The van der Waals surface area contributed by atoms with Gasteiger partial charge in [0.15, 0.2) is 0 Å². The number of nitrogens with one attached hydrogen (secondary N) is 1. The molecule has 0 aromatic carbocycles. The molecule has 4 heteroatoms. The Kier molecular flexibility index (Phi) is 5.48. The second-order valence-electron chi connectivity index (χ2n) is 3.45. The van der Waals surface area contributed by atoms with Gasteiger partial charge in [-0.15, -0.1) is 11.6 Å². The zero-order valence-electron chi connectivity index (χ0n) is 8.14. The molecule has 0 atom stereocenters. The molecule has 1 heterocycles. The first-order chi connectivity index (χ1) is 6.33. The molecule has 1 aliphatic rings. The Balaban J connectivity index is 2.29. The lowest BCUT2D eigenvalue weighted by atomic mass is 9.92. The van der Waals surface area contributed by atoms with E-state index >= 15 is 0 Å². The maximum Gasteiger partial charge on any atom is 0.0484 e. The van der Waals surface area contributed by atoms with E-state index in [1.807, 2.05) is 11.8 Å². The van der Waals surface area contributed by atoms with Gasteiger partial charge in [-0.3, -0.25) is 0 Å². The van der Waals surface area contributed by atoms with Crippen molar-refractivity contribution in [1.82, 2.24) is 5.32 Å². The zero-order valence-corrected chi connectivity index (χ0v) is 9.72. The molecule has 1 rings (SSSR count). The molecule has 0 radical (unpaired) electrons. The molecule has 1 N–H and O–H groups in total. The first-order valence-electron chi connectivity index (χ1n) is 4.71. The van der Waals surface area contributed by atoms with Gasteiger partial charge in [0.25, 0.3) is 0 Å². The van der Waals surface area contributed by atoms with E-state index in [1.54, 1.807) is 0 Å². The zero-order chi connectivity index (χ0) is 9.57. The number of thioether (sulfide) groups is 1. The predicted octanol–water partition coefficient (Wildman–Crippen LogP) is 1.73. The summed E-state index contributed by atoms with van der Waals surface area (Å²) in [5, 5.41) is 3.55. The first-order valence-corrected chi connectivity index (χ1v) is 6.63. The summed E-state index contributed by atoms with van der Waals surface area (Å²) in [7, 11) is 0. The molecule has 1 fully saturated rings. The number of rotatable bonds is 5. The van der Waals surface area contributed by atoms with Gasteiger partial charge in [-0.25, -0.2) is 0 Å². The van der Waals surface area contributed by atoms with Crippen LogP contribution in [0.2, 0.25) is 0 Å². The molecule has 0 aromatic heterocycles. The topological polar surface area (TPSA) is 21.3 Å². The Labute approximate surface area is 89.7 Å². The van der Waals surface area contributed by atoms with Crippen molar-refractivity contribution in [3.8, 4) is 0 Å². The highest BCUT2D eigenvalue weighted by molar-refractivity contribution is 7.98. The lowest BCUT2D eigenvalue weighted by Gasteiger charge is -2.36. The summed E-state index contributed by atoms with van der Waals surface area (Å²) < 4.78 is 5.33. The summed E-state index contributed by atoms with van der Waals surface area (Å²) in [6.07, 6.45) is 4.22. The monoisotopic (exact) mass is 223 g/mol. The third kappa shape index (κ3) is 3.66. The molecule has 0 aliphatic carbocycles. The Bertz CT molecular complexity index is 140. The summed E-state index contributed by atoms with van der Waals surface area (Å²) in [5.41, 5.74) is 0.148. The van der Waals surface area contributed by atoms with Crippen molar-refractivity contribution in [2.75, 3.05) is 37.6 Å². The van der Waals surface area contributed by atoms with E-state index in [2.05, 4.69) is 11.6 Å². The van der Waals surface area contributed by atoms with Gasteiger partial charge in [0.05, 0.1) is 0 Å². The standard InChI is InChI=1S/C9H18ClNOS/c1-13-7-4-11-9(8-10)2-5-12-6-3-9/h11H,2-8H2,1H3. The highest BCUT2D eigenvalue weighted by Gasteiger charge is 2.30. The second-order valence-corrected chi connectivity index (χ2v) is 4.70. The molecule has 78 valence electrons. The van der Waals surface area contributed by atoms with Crippen molar-refractivity contribution in [2.24, 2.45) is 0 Å². The van der Waals surface area contributed by atoms with Crippen LogP contribution in [0.5, 0.6) is 0 Å². The van der Waals surface area contributed by atoms with Crippen LogP contribution in [0.1, 0.15) is 12.8 Å². The molecule has 1 saturated heterocycles. The highest BCUT2D eigenvalue weighted by Crippen LogP contribution is 2.21. The van der Waals surface area contributed by atoms with Crippen molar-refractivity contribution in [3.05, 3.63) is 0 Å². The lowest BCUT2D eigenvalue weighted by molar-refractivity contribution is 0.0474. The number of hydrogen-bond donors (Lipinski definition) is 1. The van der Waals surface area contributed by atoms with Gasteiger partial charge in [0.2, 0.25) is 0 Å². The molecule has 0 bridgehead atoms. The van der Waals surface area contributed by atoms with Crippen LogP contribution in [-0.2, 0) is 4.74 Å². The van der Waals surface area contributed by atoms with Crippen LogP contribution in [-0.4, -0.2) is 43.2 Å². The molecule has 0 aromatic rings. The van der Waals surface area contributed by atoms with Crippen molar-refractivity contribution >= 4 is 23.4 Å². The van der Waals surface area contributed by atoms with Crippen LogP contribution in [0.25, 0.3) is 0 Å². The molecule has 13 heavy (non-hydrogen) atoms. The fourth-order valence-corrected chi connectivity index (χ4v) is 2.21. The van der Waals surface area contributed by atoms with Gasteiger partial charge in [0, 0.05) is 36.9 Å². The minimum Gasteiger partial charge on any atom is -0.381 e. The Morgan fingerprint density at radius 3 is 2.69 bits per heavy atom. The minimum atomic E-state index is 0.148. The predicted molar refractivity (Wildman–Crippen MR) is 59.9 cm³/mol. The van der Waals surface area contributed by atoms with E-state index in [0.29, 0.717) is 5.88 Å². The number of alkyl halides is 1. The van der Waals surface area contributed by atoms with Crippen LogP contribution < -0.4 is 5.32 Å². The van der Waals surface area contributed by atoms with Crippen molar-refractivity contribution < 1.29 is 4.74 Å². The second kappa shape index (κ2) is 6.12. The molecule has 0 unspecified atom stereocenters. The maximum atomic E-state index is 5.99. The molecule has 2 nitrogen and oxygen atoms in total. The van der Waals surface area contributed by atoms with Gasteiger partial charge < -0.3 is 10.1 Å². The normalized spacial score (nSPS) is 21.7. The van der Waals surface area contributed by atoms with Gasteiger partial charge in [-0.2, -0.15) is 11.8 Å². The van der Waals surface area contributed by atoms with Crippen LogP contribution in [0.3, 0.4) is 0 Å². The number of halogens is 1. The van der Waals surface area contributed by atoms with Crippen LogP contribution in [0.4, 0.5) is 0 Å². The van der Waals surface area contributed by atoms with Crippen LogP contribution in [0.15, 0.2) is 0 Å². The molecular weight excluding hydrogens is 206 g/mol. The molecule has 0 saturated carbocycles. The highest BCUT2D eigenvalue weighted by atomic mass is 35.5. The molecule has 1 aliphatic heterocycles. The van der Waals surface area contributed by atoms with Crippen molar-refractivity contribution in [2.45, 2.75) is 18.4 Å². The molecule has 0 spiro atoms. The van der Waals surface area contributed by atoms with E-state index in [-0.39, 0.29) is 5.54 Å². The Morgan fingerprint density at radius 2 is 2.15 bits per heavy atom. The maximum absolute atomic E-state index is 5.99. The average molecular weight is 224 g/mol. The number of hydrogen-bond acceptors (Lipinski definition) is 3. The minimum absolute atomic E-state index is 0.148. The summed E-state index contributed by atoms with van der Waals surface area (Å²) in [5.74, 6) is 1.85. The average Bonchev–Trinajstić information content (AvgIpc) is 2.20. The number of ether oxygens (including phenoxy) is 1. The molecule has 0 amide bonds. The summed E-state index contributed by atoms with van der Waals surface area (Å²) in [6.45, 7) is 2.74. The lowest BCUT2D eigenvalue weighted by Crippen LogP contribution is -2.51. The summed E-state index contributed by atoms with van der Waals surface area (Å²) >= 11 is 7.85. The SMILES string of the molecule is CSCCNC1(CCl)CCOCC1. The van der Waals surface area contributed by atoms with E-state index in [0.717, 1.165) is 38.4 Å². The van der Waals surface area contributed by atoms with Crippen molar-refractivity contribution in [1.29, 1.82) is 0 Å². The summed E-state index contributed by atoms with van der Waals surface area (Å²) in [6, 6.07) is 0. The Morgan fingerprint density at radius 1 is 1.46 bits per heavy atom. The Hall–Kier alpha value is 0.560. The fraction of sp³-hybridized carbons (Fsp3) is 1.00. The fourth-order valence-electron chi connectivity index (χ4n) is 1.54. The third-order valence-corrected chi connectivity index (χ3v) is 3.64. The van der Waals surface area contributed by atoms with Crippen molar-refractivity contribution in [3.63, 3.8) is 0 Å². The quantitative estimate of drug-likeness (QED) is 0.567. The van der Waals surface area contributed by atoms with Gasteiger partial charge in [0.1, 0.15) is 0 Å². The molecular formula is C9H18ClNOS. The van der Waals surface area contributed by atoms with E-state index in [4.69, 9.17) is 16.3 Å². The smallest absolute Gasteiger partial charge is 0.0484 e. The van der Waals surface area contributed by atoms with E-state index in [9.17, 15) is 0 Å². The van der Waals surface area contributed by atoms with Gasteiger partial charge in [-0.1, -0.05) is 0 Å². The summed E-state index contributed by atoms with van der Waals surface area (Å²) in [4.78, 5) is 0. The first kappa shape index (κ1) is 11.6. The van der Waals surface area contributed by atoms with E-state index in [1.165, 1.54) is 0 Å². The largest absolute Gasteiger partial charge is 0.381 e. The van der Waals surface area contributed by atoms with Gasteiger partial charge in [-0.05, 0) is 19.1 Å².